The van der Waals surface area contributed by atoms with Crippen molar-refractivity contribution in [3.8, 4) is 5.75 Å². The topological polar surface area (TPSA) is 94.3 Å². The van der Waals surface area contributed by atoms with E-state index in [0.717, 1.165) is 0 Å². The quantitative estimate of drug-likeness (QED) is 0.842. The highest BCUT2D eigenvalue weighted by Crippen LogP contribution is 2.29. The predicted molar refractivity (Wildman–Crippen MR) is 84.8 cm³/mol. The summed E-state index contributed by atoms with van der Waals surface area (Å²) in [5.74, 6) is 0.604. The summed E-state index contributed by atoms with van der Waals surface area (Å²) in [4.78, 5) is 3.90. The van der Waals surface area contributed by atoms with E-state index in [9.17, 15) is 8.42 Å². The molecule has 0 fully saturated rings. The van der Waals surface area contributed by atoms with Crippen LogP contribution in [0.2, 0.25) is 0 Å². The van der Waals surface area contributed by atoms with Crippen molar-refractivity contribution in [1.29, 1.82) is 0 Å². The molecule has 0 aliphatic rings. The van der Waals surface area contributed by atoms with Gasteiger partial charge >= 0.3 is 0 Å². The fourth-order valence-corrected chi connectivity index (χ4v) is 3.37. The van der Waals surface area contributed by atoms with Crippen molar-refractivity contribution in [1.82, 2.24) is 4.98 Å². The maximum Gasteiger partial charge on any atom is 0.265 e. The molecule has 8 heteroatoms. The minimum Gasteiger partial charge on any atom is -0.492 e. The summed E-state index contributed by atoms with van der Waals surface area (Å²) >= 11 is 3.26. The minimum atomic E-state index is -3.79. The largest absolute Gasteiger partial charge is 0.492 e. The fourth-order valence-electron chi connectivity index (χ4n) is 1.64. The Morgan fingerprint density at radius 3 is 2.71 bits per heavy atom. The van der Waals surface area contributed by atoms with Gasteiger partial charge in [0, 0.05) is 4.47 Å². The number of rotatable bonds is 5. The Hall–Kier alpha value is -1.80. The lowest BCUT2D eigenvalue weighted by Crippen LogP contribution is -2.14. The lowest BCUT2D eigenvalue weighted by Gasteiger charge is -2.13. The summed E-state index contributed by atoms with van der Waals surface area (Å²) in [5.41, 5.74) is 5.80. The highest BCUT2D eigenvalue weighted by atomic mass is 79.9. The Kier molecular flexibility index (Phi) is 4.69. The SMILES string of the molecule is CCOc1ccc(Br)cc1S(=O)(=O)Nc1ccc(N)nc1. The average molecular weight is 372 g/mol. The molecule has 3 N–H and O–H groups in total. The average Bonchev–Trinajstić information content (AvgIpc) is 2.43. The number of pyridine rings is 1. The van der Waals surface area contributed by atoms with Gasteiger partial charge in [-0.2, -0.15) is 0 Å². The molecule has 112 valence electrons. The van der Waals surface area contributed by atoms with E-state index in [2.05, 4.69) is 25.6 Å². The van der Waals surface area contributed by atoms with Gasteiger partial charge in [-0.15, -0.1) is 0 Å². The first-order chi connectivity index (χ1) is 9.92. The van der Waals surface area contributed by atoms with Crippen molar-refractivity contribution in [3.63, 3.8) is 0 Å². The van der Waals surface area contributed by atoms with Crippen LogP contribution in [-0.4, -0.2) is 20.0 Å². The van der Waals surface area contributed by atoms with E-state index in [-0.39, 0.29) is 10.6 Å². The first-order valence-corrected chi connectivity index (χ1v) is 8.36. The normalized spacial score (nSPS) is 11.1. The maximum absolute atomic E-state index is 12.5. The second kappa shape index (κ2) is 6.31. The molecule has 21 heavy (non-hydrogen) atoms. The van der Waals surface area contributed by atoms with E-state index in [1.165, 1.54) is 24.4 Å². The summed E-state index contributed by atoms with van der Waals surface area (Å²) in [6.07, 6.45) is 1.35. The zero-order valence-electron chi connectivity index (χ0n) is 11.2. The molecular weight excluding hydrogens is 358 g/mol. The lowest BCUT2D eigenvalue weighted by atomic mass is 10.3. The Bertz CT molecular complexity index is 733. The van der Waals surface area contributed by atoms with E-state index in [1.54, 1.807) is 19.1 Å². The van der Waals surface area contributed by atoms with Crippen molar-refractivity contribution in [2.24, 2.45) is 0 Å². The van der Waals surface area contributed by atoms with Crippen molar-refractivity contribution in [3.05, 3.63) is 41.0 Å². The van der Waals surface area contributed by atoms with Crippen molar-refractivity contribution < 1.29 is 13.2 Å². The maximum atomic E-state index is 12.5. The van der Waals surface area contributed by atoms with E-state index in [1.807, 2.05) is 0 Å². The third-order valence-corrected chi connectivity index (χ3v) is 4.43. The number of halogens is 1. The van der Waals surface area contributed by atoms with Crippen LogP contribution < -0.4 is 15.2 Å². The summed E-state index contributed by atoms with van der Waals surface area (Å²) in [7, 11) is -3.79. The molecule has 6 nitrogen and oxygen atoms in total. The van der Waals surface area contributed by atoms with E-state index >= 15 is 0 Å². The molecule has 1 aromatic heterocycles. The third-order valence-electron chi connectivity index (χ3n) is 2.53. The molecule has 0 atom stereocenters. The Morgan fingerprint density at radius 1 is 1.33 bits per heavy atom. The Balaban J connectivity index is 2.39. The molecule has 0 bridgehead atoms. The van der Waals surface area contributed by atoms with Crippen molar-refractivity contribution >= 4 is 37.5 Å². The number of aromatic nitrogens is 1. The third kappa shape index (κ3) is 3.85. The van der Waals surface area contributed by atoms with Crippen molar-refractivity contribution in [2.75, 3.05) is 17.1 Å². The zero-order valence-corrected chi connectivity index (χ0v) is 13.6. The fraction of sp³-hybridized carbons (Fsp3) is 0.154. The van der Waals surface area contributed by atoms with Gasteiger partial charge in [-0.1, -0.05) is 15.9 Å². The molecule has 0 aliphatic carbocycles. The first-order valence-electron chi connectivity index (χ1n) is 6.09. The number of nitrogens with one attached hydrogen (secondary N) is 1. The monoisotopic (exact) mass is 371 g/mol. The zero-order chi connectivity index (χ0) is 15.5. The number of ether oxygens (including phenoxy) is 1. The highest BCUT2D eigenvalue weighted by molar-refractivity contribution is 9.10. The molecule has 1 heterocycles. The van der Waals surface area contributed by atoms with Crippen LogP contribution in [0.4, 0.5) is 11.5 Å². The second-order valence-corrected chi connectivity index (χ2v) is 6.67. The number of sulfonamides is 1. The molecule has 0 unspecified atom stereocenters. The number of nitrogens with zero attached hydrogens (tertiary/aromatic N) is 1. The molecule has 2 aromatic rings. The van der Waals surface area contributed by atoms with Crippen LogP contribution in [-0.2, 0) is 10.0 Å². The van der Waals surface area contributed by atoms with Gasteiger partial charge in [0.15, 0.2) is 0 Å². The molecule has 1 aromatic carbocycles. The van der Waals surface area contributed by atoms with Gasteiger partial charge in [0.25, 0.3) is 10.0 Å². The molecule has 0 spiro atoms. The van der Waals surface area contributed by atoms with Gasteiger partial charge in [-0.05, 0) is 37.3 Å². The standard InChI is InChI=1S/C13H14BrN3O3S/c1-2-20-11-5-3-9(14)7-12(11)21(18,19)17-10-4-6-13(15)16-8-10/h3-8,17H,2H2,1H3,(H2,15,16). The molecule has 0 saturated heterocycles. The number of nitrogens with two attached hydrogens (primary N) is 1. The number of benzene rings is 1. The number of hydrogen-bond acceptors (Lipinski definition) is 5. The van der Waals surface area contributed by atoms with Crippen LogP contribution in [0.1, 0.15) is 6.92 Å². The minimum absolute atomic E-state index is 0.0514. The van der Waals surface area contributed by atoms with Gasteiger partial charge in [0.1, 0.15) is 16.5 Å². The molecule has 0 saturated carbocycles. The van der Waals surface area contributed by atoms with Crippen LogP contribution in [0.3, 0.4) is 0 Å². The van der Waals surface area contributed by atoms with Gasteiger partial charge in [0.2, 0.25) is 0 Å². The molecule has 0 aliphatic heterocycles. The van der Waals surface area contributed by atoms with Crippen molar-refractivity contribution in [2.45, 2.75) is 11.8 Å². The number of anilines is 2. The van der Waals surface area contributed by atoms with Crippen LogP contribution in [0.15, 0.2) is 45.9 Å². The van der Waals surface area contributed by atoms with Crippen LogP contribution in [0.25, 0.3) is 0 Å². The molecule has 0 amide bonds. The van der Waals surface area contributed by atoms with Crippen LogP contribution >= 0.6 is 15.9 Å². The van der Waals surface area contributed by atoms with E-state index < -0.39 is 10.0 Å². The summed E-state index contributed by atoms with van der Waals surface area (Å²) in [6, 6.07) is 7.86. The van der Waals surface area contributed by atoms with Gasteiger partial charge in [-0.25, -0.2) is 13.4 Å². The second-order valence-electron chi connectivity index (χ2n) is 4.10. The lowest BCUT2D eigenvalue weighted by molar-refractivity contribution is 0.331. The molecule has 0 radical (unpaired) electrons. The molecular formula is C13H14BrN3O3S. The van der Waals surface area contributed by atoms with E-state index in [4.69, 9.17) is 10.5 Å². The Labute approximate surface area is 131 Å². The van der Waals surface area contributed by atoms with Crippen LogP contribution in [0, 0.1) is 0 Å². The highest BCUT2D eigenvalue weighted by Gasteiger charge is 2.20. The van der Waals surface area contributed by atoms with Crippen LogP contribution in [0.5, 0.6) is 5.75 Å². The summed E-state index contributed by atoms with van der Waals surface area (Å²) < 4.78 is 33.4. The summed E-state index contributed by atoms with van der Waals surface area (Å²) in [6.45, 7) is 2.16. The Morgan fingerprint density at radius 2 is 2.10 bits per heavy atom. The van der Waals surface area contributed by atoms with Gasteiger partial charge in [0.05, 0.1) is 18.5 Å². The summed E-state index contributed by atoms with van der Waals surface area (Å²) in [5, 5.41) is 0. The van der Waals surface area contributed by atoms with Gasteiger partial charge < -0.3 is 10.5 Å². The van der Waals surface area contributed by atoms with Gasteiger partial charge in [-0.3, -0.25) is 4.72 Å². The molecule has 2 rings (SSSR count). The predicted octanol–water partition coefficient (Wildman–Crippen LogP) is 2.63. The first kappa shape index (κ1) is 15.6. The smallest absolute Gasteiger partial charge is 0.265 e. The number of hydrogen-bond donors (Lipinski definition) is 2. The van der Waals surface area contributed by atoms with E-state index in [0.29, 0.717) is 22.6 Å². The number of nitrogen functional groups attached to an aromatic ring is 1.